The van der Waals surface area contributed by atoms with Gasteiger partial charge in [-0.3, -0.25) is 4.98 Å². The lowest BCUT2D eigenvalue weighted by atomic mass is 10.2. The van der Waals surface area contributed by atoms with Crippen molar-refractivity contribution in [1.29, 1.82) is 0 Å². The molecule has 1 N–H and O–H groups in total. The van der Waals surface area contributed by atoms with Crippen LogP contribution in [-0.2, 0) is 6.54 Å². The fourth-order valence-electron chi connectivity index (χ4n) is 1.46. The molecule has 1 atom stereocenters. The number of pyridine rings is 1. The second kappa shape index (κ2) is 4.08. The number of nitrogens with zero attached hydrogens (tertiary/aromatic N) is 2. The molecule has 0 bridgehead atoms. The fourth-order valence-corrected chi connectivity index (χ4v) is 2.86. The van der Waals surface area contributed by atoms with Crippen molar-refractivity contribution >= 4 is 28.3 Å². The second-order valence-corrected chi connectivity index (χ2v) is 5.32. The lowest BCUT2D eigenvalue weighted by Gasteiger charge is -2.30. The van der Waals surface area contributed by atoms with Crippen LogP contribution < -0.4 is 0 Å². The third-order valence-corrected chi connectivity index (χ3v) is 4.09. The highest BCUT2D eigenvalue weighted by Gasteiger charge is 2.37. The highest BCUT2D eigenvalue weighted by atomic mass is 32.2. The lowest BCUT2D eigenvalue weighted by molar-refractivity contribution is -0.0271. The van der Waals surface area contributed by atoms with Crippen molar-refractivity contribution in [2.75, 3.05) is 5.75 Å². The van der Waals surface area contributed by atoms with Gasteiger partial charge in [0, 0.05) is 24.7 Å². The van der Waals surface area contributed by atoms with Crippen LogP contribution in [0, 0.1) is 0 Å². The number of hydrogen-bond acceptors (Lipinski definition) is 4. The number of thioether (sulfide) groups is 1. The molecule has 1 fully saturated rings. The van der Waals surface area contributed by atoms with E-state index in [4.69, 9.17) is 12.2 Å². The van der Waals surface area contributed by atoms with E-state index in [1.165, 1.54) is 11.8 Å². The molecule has 3 nitrogen and oxygen atoms in total. The molecule has 1 unspecified atom stereocenters. The summed E-state index contributed by atoms with van der Waals surface area (Å²) in [5, 5.41) is 10.1. The van der Waals surface area contributed by atoms with Crippen molar-refractivity contribution in [1.82, 2.24) is 9.88 Å². The maximum absolute atomic E-state index is 10.1. The number of aromatic nitrogens is 1. The summed E-state index contributed by atoms with van der Waals surface area (Å²) in [7, 11) is 0. The maximum atomic E-state index is 10.1. The molecule has 2 heterocycles. The predicted octanol–water partition coefficient (Wildman–Crippen LogP) is 1.62. The van der Waals surface area contributed by atoms with Gasteiger partial charge in [0.25, 0.3) is 0 Å². The predicted molar refractivity (Wildman–Crippen MR) is 65.5 cm³/mol. The standard InChI is InChI=1S/C10H12N2OS2/c1-10(13)7-15-9(14)12(10)6-8-2-4-11-5-3-8/h2-5,13H,6-7H2,1H3. The summed E-state index contributed by atoms with van der Waals surface area (Å²) in [6.07, 6.45) is 3.49. The average molecular weight is 240 g/mol. The first-order valence-corrected chi connectivity index (χ1v) is 6.05. The number of hydrogen-bond donors (Lipinski definition) is 1. The zero-order valence-corrected chi connectivity index (χ0v) is 10.0. The first kappa shape index (κ1) is 10.9. The van der Waals surface area contributed by atoms with Crippen LogP contribution in [0.1, 0.15) is 12.5 Å². The number of rotatable bonds is 2. The summed E-state index contributed by atoms with van der Waals surface area (Å²) in [5.41, 5.74) is 0.278. The van der Waals surface area contributed by atoms with E-state index in [-0.39, 0.29) is 0 Å². The third kappa shape index (κ3) is 2.30. The smallest absolute Gasteiger partial charge is 0.145 e. The van der Waals surface area contributed by atoms with E-state index in [9.17, 15) is 5.11 Å². The molecule has 1 aromatic rings. The van der Waals surface area contributed by atoms with Crippen molar-refractivity contribution in [2.24, 2.45) is 0 Å². The van der Waals surface area contributed by atoms with Crippen LogP contribution in [0.15, 0.2) is 24.5 Å². The molecule has 1 aliphatic heterocycles. The van der Waals surface area contributed by atoms with E-state index in [0.717, 1.165) is 9.88 Å². The van der Waals surface area contributed by atoms with Crippen molar-refractivity contribution < 1.29 is 5.11 Å². The van der Waals surface area contributed by atoms with Gasteiger partial charge in [0.05, 0.1) is 0 Å². The quantitative estimate of drug-likeness (QED) is 0.795. The van der Waals surface area contributed by atoms with Gasteiger partial charge >= 0.3 is 0 Å². The molecule has 0 amide bonds. The van der Waals surface area contributed by atoms with Gasteiger partial charge in [0.1, 0.15) is 10.0 Å². The first-order valence-electron chi connectivity index (χ1n) is 4.65. The molecule has 2 rings (SSSR count). The summed E-state index contributed by atoms with van der Waals surface area (Å²) in [4.78, 5) is 5.81. The van der Waals surface area contributed by atoms with E-state index in [1.807, 2.05) is 17.0 Å². The van der Waals surface area contributed by atoms with Crippen LogP contribution >= 0.6 is 24.0 Å². The molecular formula is C10H12N2OS2. The monoisotopic (exact) mass is 240 g/mol. The van der Waals surface area contributed by atoms with Gasteiger partial charge in [-0.15, -0.1) is 0 Å². The van der Waals surface area contributed by atoms with Gasteiger partial charge in [0.15, 0.2) is 0 Å². The van der Waals surface area contributed by atoms with E-state index < -0.39 is 5.72 Å². The minimum Gasteiger partial charge on any atom is -0.370 e. The average Bonchev–Trinajstić information content (AvgIpc) is 2.47. The topological polar surface area (TPSA) is 36.4 Å². The van der Waals surface area contributed by atoms with E-state index in [0.29, 0.717) is 12.3 Å². The van der Waals surface area contributed by atoms with Crippen molar-refractivity contribution in [3.8, 4) is 0 Å². The van der Waals surface area contributed by atoms with Gasteiger partial charge in [0.2, 0.25) is 0 Å². The molecule has 0 saturated carbocycles. The van der Waals surface area contributed by atoms with Gasteiger partial charge in [-0.05, 0) is 24.6 Å². The Hall–Kier alpha value is -0.650. The molecule has 15 heavy (non-hydrogen) atoms. The normalized spacial score (nSPS) is 26.0. The molecule has 1 aromatic heterocycles. The van der Waals surface area contributed by atoms with Gasteiger partial charge in [-0.2, -0.15) is 0 Å². The summed E-state index contributed by atoms with van der Waals surface area (Å²) in [6.45, 7) is 2.43. The summed E-state index contributed by atoms with van der Waals surface area (Å²) in [5.74, 6) is 0.636. The molecule has 80 valence electrons. The highest BCUT2D eigenvalue weighted by molar-refractivity contribution is 8.23. The minimum absolute atomic E-state index is 0.636. The summed E-state index contributed by atoms with van der Waals surface area (Å²) in [6, 6.07) is 3.86. The van der Waals surface area contributed by atoms with Crippen molar-refractivity contribution in [3.63, 3.8) is 0 Å². The Kier molecular flexibility index (Phi) is 2.95. The number of aliphatic hydroxyl groups is 1. The third-order valence-electron chi connectivity index (χ3n) is 2.36. The summed E-state index contributed by atoms with van der Waals surface area (Å²) >= 11 is 6.73. The van der Waals surface area contributed by atoms with Crippen LogP contribution in [0.2, 0.25) is 0 Å². The van der Waals surface area contributed by atoms with E-state index >= 15 is 0 Å². The molecule has 0 aliphatic carbocycles. The van der Waals surface area contributed by atoms with Crippen molar-refractivity contribution in [2.45, 2.75) is 19.2 Å². The molecule has 1 aliphatic rings. The van der Waals surface area contributed by atoms with Gasteiger partial charge in [-0.1, -0.05) is 24.0 Å². The largest absolute Gasteiger partial charge is 0.370 e. The molecule has 5 heteroatoms. The van der Waals surface area contributed by atoms with Crippen LogP contribution in [0.5, 0.6) is 0 Å². The Labute approximate surface area is 98.5 Å². The second-order valence-electron chi connectivity index (χ2n) is 3.71. The van der Waals surface area contributed by atoms with Crippen LogP contribution in [0.3, 0.4) is 0 Å². The molecular weight excluding hydrogens is 228 g/mol. The zero-order valence-electron chi connectivity index (χ0n) is 8.38. The SMILES string of the molecule is CC1(O)CSC(=S)N1Cc1ccncc1. The lowest BCUT2D eigenvalue weighted by Crippen LogP contribution is -2.43. The Bertz CT molecular complexity index is 367. The Morgan fingerprint density at radius 2 is 2.27 bits per heavy atom. The van der Waals surface area contributed by atoms with Crippen molar-refractivity contribution in [3.05, 3.63) is 30.1 Å². The van der Waals surface area contributed by atoms with Crippen LogP contribution in [0.4, 0.5) is 0 Å². The van der Waals surface area contributed by atoms with E-state index in [1.54, 1.807) is 19.3 Å². The van der Waals surface area contributed by atoms with Gasteiger partial charge < -0.3 is 10.0 Å². The number of thiocarbonyl (C=S) groups is 1. The maximum Gasteiger partial charge on any atom is 0.145 e. The van der Waals surface area contributed by atoms with Crippen LogP contribution in [0.25, 0.3) is 0 Å². The molecule has 0 radical (unpaired) electrons. The molecule has 0 spiro atoms. The molecule has 0 aromatic carbocycles. The fraction of sp³-hybridized carbons (Fsp3) is 0.400. The zero-order chi connectivity index (χ0) is 10.9. The van der Waals surface area contributed by atoms with E-state index in [2.05, 4.69) is 4.98 Å². The van der Waals surface area contributed by atoms with Gasteiger partial charge in [-0.25, -0.2) is 0 Å². The Morgan fingerprint density at radius 1 is 1.60 bits per heavy atom. The Morgan fingerprint density at radius 3 is 2.80 bits per heavy atom. The highest BCUT2D eigenvalue weighted by Crippen LogP contribution is 2.32. The van der Waals surface area contributed by atoms with Crippen LogP contribution in [-0.4, -0.2) is 30.8 Å². The Balaban J connectivity index is 2.15. The minimum atomic E-state index is -0.828. The molecule has 1 saturated heterocycles. The first-order chi connectivity index (χ1) is 7.09. The summed E-state index contributed by atoms with van der Waals surface area (Å²) < 4.78 is 0.761.